The average molecular weight is 653 g/mol. The number of aliphatic hydroxyl groups is 1. The van der Waals surface area contributed by atoms with Crippen LogP contribution in [0.25, 0.3) is 11.1 Å². The van der Waals surface area contributed by atoms with Crippen LogP contribution in [0.1, 0.15) is 29.9 Å². The molecule has 17 heteroatoms. The lowest BCUT2D eigenvalue weighted by atomic mass is 10.0. The summed E-state index contributed by atoms with van der Waals surface area (Å²) in [6.07, 6.45) is -1.70. The largest absolute Gasteiger partial charge is 0.453 e. The Hall–Kier alpha value is -4.44. The quantitative estimate of drug-likeness (QED) is 0.0912. The molecule has 15 nitrogen and oxygen atoms in total. The summed E-state index contributed by atoms with van der Waals surface area (Å²) in [7, 11) is 1.13. The highest BCUT2D eigenvalue weighted by Gasteiger charge is 2.28. The molecule has 0 aliphatic carbocycles. The summed E-state index contributed by atoms with van der Waals surface area (Å²) in [5, 5.41) is 31.2. The van der Waals surface area contributed by atoms with Crippen molar-refractivity contribution in [1.29, 1.82) is 0 Å². The first-order chi connectivity index (χ1) is 20.9. The number of aromatic nitrogens is 3. The van der Waals surface area contributed by atoms with E-state index >= 15 is 0 Å². The van der Waals surface area contributed by atoms with Crippen molar-refractivity contribution in [2.45, 2.75) is 32.5 Å². The highest BCUT2D eigenvalue weighted by Crippen LogP contribution is 2.30. The Balaban J connectivity index is 1.66. The number of hydrazine groups is 1. The highest BCUT2D eigenvalue weighted by molar-refractivity contribution is 6.35. The number of carbonyl (C=O) groups is 4. The number of alkyl carbamates (subject to hydrolysis) is 1. The number of nitrogens with one attached hydrogen (secondary N) is 2. The maximum absolute atomic E-state index is 12.7. The fourth-order valence-corrected chi connectivity index (χ4v) is 4.14. The van der Waals surface area contributed by atoms with Crippen molar-refractivity contribution in [1.82, 2.24) is 30.9 Å². The predicted octanol–water partition coefficient (Wildman–Crippen LogP) is 2.42. The number of halogens is 2. The molecule has 1 heterocycles. The van der Waals surface area contributed by atoms with Gasteiger partial charge in [0.05, 0.1) is 19.9 Å². The molecule has 2 atom stereocenters. The molecular formula is C27H30Cl2N6O9. The number of carbonyl (C=O) groups excluding carboxylic acids is 4. The molecule has 3 aromatic rings. The number of hydrogen-bond donors (Lipinski definition) is 4. The van der Waals surface area contributed by atoms with Crippen LogP contribution in [-0.4, -0.2) is 87.0 Å². The molecule has 0 saturated carbocycles. The normalized spacial score (nSPS) is 12.4. The number of rotatable bonds is 13. The zero-order valence-electron chi connectivity index (χ0n) is 23.8. The molecular weight excluding hydrogens is 623 g/mol. The summed E-state index contributed by atoms with van der Waals surface area (Å²) in [5.74, 6) is -3.21. The predicted molar refractivity (Wildman–Crippen MR) is 154 cm³/mol. The number of amides is 2. The molecule has 44 heavy (non-hydrogen) atoms. The van der Waals surface area contributed by atoms with Crippen molar-refractivity contribution in [2.75, 3.05) is 20.4 Å². The fraction of sp³-hybridized carbons (Fsp3) is 0.333. The molecule has 0 aliphatic heterocycles. The molecule has 0 unspecified atom stereocenters. The van der Waals surface area contributed by atoms with Crippen LogP contribution in [0, 0.1) is 5.92 Å². The molecule has 2 amide bonds. The maximum atomic E-state index is 12.7. The molecule has 0 spiro atoms. The van der Waals surface area contributed by atoms with Crippen molar-refractivity contribution in [3.05, 3.63) is 70.0 Å². The Morgan fingerprint density at radius 3 is 2.34 bits per heavy atom. The molecule has 2 aromatic carbocycles. The molecule has 3 rings (SSSR count). The summed E-state index contributed by atoms with van der Waals surface area (Å²) in [6.45, 7) is 1.99. The zero-order valence-corrected chi connectivity index (χ0v) is 25.3. The Labute approximate surface area is 261 Å². The highest BCUT2D eigenvalue weighted by atomic mass is 35.5. The van der Waals surface area contributed by atoms with E-state index < -0.39 is 49.4 Å². The topological polar surface area (TPSA) is 194 Å². The number of esters is 2. The third kappa shape index (κ3) is 9.80. The van der Waals surface area contributed by atoms with Gasteiger partial charge in [-0.1, -0.05) is 66.2 Å². The minimum Gasteiger partial charge on any atom is -0.453 e. The smallest absolute Gasteiger partial charge is 0.407 e. The van der Waals surface area contributed by atoms with Crippen LogP contribution < -0.4 is 10.7 Å². The van der Waals surface area contributed by atoms with Gasteiger partial charge in [0.1, 0.15) is 6.04 Å². The number of benzene rings is 2. The maximum Gasteiger partial charge on any atom is 0.407 e. The van der Waals surface area contributed by atoms with Crippen LogP contribution in [0.5, 0.6) is 0 Å². The molecule has 0 fully saturated rings. The van der Waals surface area contributed by atoms with Gasteiger partial charge < -0.3 is 29.8 Å². The Morgan fingerprint density at radius 2 is 1.73 bits per heavy atom. The minimum atomic E-state index is -1.80. The number of nitrogens with zero attached hydrogens (tertiary/aromatic N) is 4. The molecule has 4 N–H and O–H groups in total. The van der Waals surface area contributed by atoms with Crippen molar-refractivity contribution < 1.29 is 43.7 Å². The van der Waals surface area contributed by atoms with Gasteiger partial charge in [-0.3, -0.25) is 10.2 Å². The molecule has 0 radical (unpaired) electrons. The van der Waals surface area contributed by atoms with E-state index in [1.807, 2.05) is 0 Å². The number of methoxy groups -OCH3 is 1. The summed E-state index contributed by atoms with van der Waals surface area (Å²) >= 11 is 12.4. The minimum absolute atomic E-state index is 0.00283. The van der Waals surface area contributed by atoms with E-state index in [0.29, 0.717) is 26.0 Å². The third-order valence-electron chi connectivity index (χ3n) is 5.99. The first-order valence-corrected chi connectivity index (χ1v) is 13.7. The van der Waals surface area contributed by atoms with E-state index in [-0.39, 0.29) is 18.2 Å². The van der Waals surface area contributed by atoms with Gasteiger partial charge in [-0.2, -0.15) is 0 Å². The molecule has 0 saturated heterocycles. The van der Waals surface area contributed by atoms with Gasteiger partial charge in [0, 0.05) is 22.2 Å². The van der Waals surface area contributed by atoms with Gasteiger partial charge >= 0.3 is 18.0 Å². The van der Waals surface area contributed by atoms with Crippen molar-refractivity contribution >= 4 is 47.1 Å². The van der Waals surface area contributed by atoms with Gasteiger partial charge in [-0.25, -0.2) is 19.4 Å². The van der Waals surface area contributed by atoms with E-state index in [4.69, 9.17) is 32.7 Å². The molecule has 1 aromatic heterocycles. The van der Waals surface area contributed by atoms with E-state index in [0.717, 1.165) is 18.9 Å². The van der Waals surface area contributed by atoms with E-state index in [1.54, 1.807) is 56.3 Å². The Kier molecular flexibility index (Phi) is 12.3. The van der Waals surface area contributed by atoms with E-state index in [9.17, 15) is 29.5 Å². The third-order valence-corrected chi connectivity index (χ3v) is 6.55. The van der Waals surface area contributed by atoms with Crippen molar-refractivity contribution in [3.8, 4) is 11.1 Å². The van der Waals surface area contributed by atoms with Crippen LogP contribution in [0.4, 0.5) is 4.79 Å². The zero-order chi connectivity index (χ0) is 32.4. The number of ether oxygens (including phenoxy) is 3. The average Bonchev–Trinajstić information content (AvgIpc) is 3.43. The van der Waals surface area contributed by atoms with E-state index in [1.165, 1.54) is 5.01 Å². The second kappa shape index (κ2) is 15.9. The Bertz CT molecular complexity index is 1470. The van der Waals surface area contributed by atoms with Crippen molar-refractivity contribution in [3.63, 3.8) is 0 Å². The van der Waals surface area contributed by atoms with Crippen molar-refractivity contribution in [2.24, 2.45) is 5.92 Å². The second-order valence-electron chi connectivity index (χ2n) is 9.58. The van der Waals surface area contributed by atoms with Crippen LogP contribution >= 0.6 is 23.2 Å². The summed E-state index contributed by atoms with van der Waals surface area (Å²) in [4.78, 5) is 49.3. The monoisotopic (exact) mass is 652 g/mol. The fourth-order valence-electron chi connectivity index (χ4n) is 3.74. The van der Waals surface area contributed by atoms with Gasteiger partial charge in [-0.15, -0.1) is 5.10 Å². The Morgan fingerprint density at radius 1 is 1.05 bits per heavy atom. The van der Waals surface area contributed by atoms with Gasteiger partial charge in [0.25, 0.3) is 5.91 Å². The summed E-state index contributed by atoms with van der Waals surface area (Å²) in [5.41, 5.74) is 4.39. The van der Waals surface area contributed by atoms with Gasteiger partial charge in [0.2, 0.25) is 6.79 Å². The first kappa shape index (κ1) is 34.1. The van der Waals surface area contributed by atoms with Gasteiger partial charge in [-0.05, 0) is 40.5 Å². The second-order valence-corrected chi connectivity index (χ2v) is 10.4. The first-order valence-electron chi connectivity index (χ1n) is 13.0. The summed E-state index contributed by atoms with van der Waals surface area (Å²) < 4.78 is 14.3. The molecule has 0 bridgehead atoms. The van der Waals surface area contributed by atoms with Crippen LogP contribution in [0.15, 0.2) is 48.7 Å². The standard InChI is InChI=1S/C27H30Cl2N6O9/c1-15(2)23(30-27(40)42-3)26(39)44-14-43-25(38)22(36)13-34(32-24(37)21-12-35(41)33-31-21)11-16-4-6-17(7-5-16)19-10-18(28)8-9-20(19)29/h4-10,12,15,22-23,36,41H,11,13-14H2,1-3H3,(H,30,40)(H,32,37)/t22-,23+/m1/s1. The molecule has 0 aliphatic rings. The molecule has 236 valence electrons. The SMILES string of the molecule is COC(=O)N[C@H](C(=O)OCOC(=O)[C@H](O)CN(Cc1ccc(-c2cc(Cl)ccc2Cl)cc1)NC(=O)c1cn(O)nn1)C(C)C. The lowest BCUT2D eigenvalue weighted by Crippen LogP contribution is -2.48. The van der Waals surface area contributed by atoms with Crippen LogP contribution in [-0.2, 0) is 30.3 Å². The number of aliphatic hydroxyl groups excluding tert-OH is 1. The van der Waals surface area contributed by atoms with Gasteiger partial charge in [0.15, 0.2) is 11.8 Å². The number of hydrogen-bond acceptors (Lipinski definition) is 12. The lowest BCUT2D eigenvalue weighted by molar-refractivity contribution is -0.175. The lowest BCUT2D eigenvalue weighted by Gasteiger charge is -2.25. The van der Waals surface area contributed by atoms with Crippen LogP contribution in [0.3, 0.4) is 0 Å². The summed E-state index contributed by atoms with van der Waals surface area (Å²) in [6, 6.07) is 11.0. The van der Waals surface area contributed by atoms with E-state index in [2.05, 4.69) is 25.8 Å². The van der Waals surface area contributed by atoms with Crippen LogP contribution in [0.2, 0.25) is 10.0 Å².